The van der Waals surface area contributed by atoms with Crippen LogP contribution >= 0.6 is 0 Å². The fraction of sp³-hybridized carbons (Fsp3) is 0.208. The SMILES string of the molecule is CCC[C@H](C)Oc1ccc(-c2ccc(C(=O)Oc3ccc(O)cc3)cc2)cc1. The van der Waals surface area contributed by atoms with E-state index in [1.807, 2.05) is 36.4 Å². The van der Waals surface area contributed by atoms with Crippen molar-refractivity contribution < 1.29 is 19.4 Å². The molecule has 0 fully saturated rings. The van der Waals surface area contributed by atoms with E-state index in [0.29, 0.717) is 11.3 Å². The molecule has 3 aromatic rings. The Morgan fingerprint density at radius 3 is 1.96 bits per heavy atom. The van der Waals surface area contributed by atoms with Crippen molar-refractivity contribution in [2.24, 2.45) is 0 Å². The summed E-state index contributed by atoms with van der Waals surface area (Å²) in [5.74, 6) is 0.935. The molecule has 0 spiro atoms. The lowest BCUT2D eigenvalue weighted by atomic mass is 10.0. The van der Waals surface area contributed by atoms with Gasteiger partial charge in [0.1, 0.15) is 17.2 Å². The van der Waals surface area contributed by atoms with Gasteiger partial charge in [0.25, 0.3) is 0 Å². The topological polar surface area (TPSA) is 55.8 Å². The smallest absolute Gasteiger partial charge is 0.343 e. The molecule has 144 valence electrons. The quantitative estimate of drug-likeness (QED) is 0.415. The molecule has 0 aliphatic heterocycles. The van der Waals surface area contributed by atoms with Gasteiger partial charge in [-0.2, -0.15) is 0 Å². The Hall–Kier alpha value is -3.27. The van der Waals surface area contributed by atoms with Crippen molar-refractivity contribution >= 4 is 5.97 Å². The zero-order chi connectivity index (χ0) is 19.9. The standard InChI is InChI=1S/C24H24O4/c1-3-4-17(2)27-22-13-9-19(10-14-22)18-5-7-20(8-6-18)24(26)28-23-15-11-21(25)12-16-23/h5-17,25H,3-4H2,1-2H3/t17-/m0/s1. The fourth-order valence-corrected chi connectivity index (χ4v) is 2.90. The minimum absolute atomic E-state index is 0.125. The number of rotatable bonds is 7. The summed E-state index contributed by atoms with van der Waals surface area (Å²) in [4.78, 5) is 12.2. The minimum Gasteiger partial charge on any atom is -0.508 e. The lowest BCUT2D eigenvalue weighted by molar-refractivity contribution is 0.0734. The van der Waals surface area contributed by atoms with Crippen molar-refractivity contribution in [1.29, 1.82) is 0 Å². The second-order valence-corrected chi connectivity index (χ2v) is 6.70. The highest BCUT2D eigenvalue weighted by Gasteiger charge is 2.09. The van der Waals surface area contributed by atoms with Crippen LogP contribution < -0.4 is 9.47 Å². The molecule has 4 heteroatoms. The Balaban J connectivity index is 1.65. The summed E-state index contributed by atoms with van der Waals surface area (Å²) >= 11 is 0. The van der Waals surface area contributed by atoms with Crippen LogP contribution in [-0.2, 0) is 0 Å². The third-order valence-corrected chi connectivity index (χ3v) is 4.39. The largest absolute Gasteiger partial charge is 0.508 e. The van der Waals surface area contributed by atoms with Gasteiger partial charge in [-0.25, -0.2) is 4.79 Å². The maximum atomic E-state index is 12.2. The summed E-state index contributed by atoms with van der Waals surface area (Å²) in [6.45, 7) is 4.22. The van der Waals surface area contributed by atoms with Gasteiger partial charge < -0.3 is 14.6 Å². The number of carbonyl (C=O) groups excluding carboxylic acids is 1. The fourth-order valence-electron chi connectivity index (χ4n) is 2.90. The van der Waals surface area contributed by atoms with Gasteiger partial charge in [0.05, 0.1) is 11.7 Å². The first-order chi connectivity index (χ1) is 13.5. The van der Waals surface area contributed by atoms with Crippen LogP contribution in [0.4, 0.5) is 0 Å². The van der Waals surface area contributed by atoms with Crippen LogP contribution in [0, 0.1) is 0 Å². The number of phenolic OH excluding ortho intramolecular Hbond substituents is 1. The summed E-state index contributed by atoms with van der Waals surface area (Å²) < 4.78 is 11.2. The monoisotopic (exact) mass is 376 g/mol. The molecule has 0 amide bonds. The van der Waals surface area contributed by atoms with E-state index in [1.165, 1.54) is 12.1 Å². The Kier molecular flexibility index (Phi) is 6.33. The van der Waals surface area contributed by atoms with Crippen LogP contribution in [0.25, 0.3) is 11.1 Å². The van der Waals surface area contributed by atoms with Gasteiger partial charge in [0, 0.05) is 0 Å². The van der Waals surface area contributed by atoms with E-state index in [9.17, 15) is 9.90 Å². The Morgan fingerprint density at radius 1 is 0.857 bits per heavy atom. The van der Waals surface area contributed by atoms with Crippen LogP contribution in [0.2, 0.25) is 0 Å². The van der Waals surface area contributed by atoms with Crippen molar-refractivity contribution in [3.8, 4) is 28.4 Å². The molecule has 0 aromatic heterocycles. The molecule has 4 nitrogen and oxygen atoms in total. The van der Waals surface area contributed by atoms with E-state index in [2.05, 4.69) is 13.8 Å². The molecule has 3 rings (SSSR count). The number of benzene rings is 3. The summed E-state index contributed by atoms with van der Waals surface area (Å²) in [6.07, 6.45) is 2.33. The Morgan fingerprint density at radius 2 is 1.39 bits per heavy atom. The molecule has 0 aliphatic carbocycles. The van der Waals surface area contributed by atoms with E-state index >= 15 is 0 Å². The number of aromatic hydroxyl groups is 1. The summed E-state index contributed by atoms with van der Waals surface area (Å²) in [7, 11) is 0. The second kappa shape index (κ2) is 9.09. The van der Waals surface area contributed by atoms with Crippen molar-refractivity contribution in [2.45, 2.75) is 32.8 Å². The first-order valence-corrected chi connectivity index (χ1v) is 9.43. The zero-order valence-electron chi connectivity index (χ0n) is 16.1. The Bertz CT molecular complexity index is 897. The van der Waals surface area contributed by atoms with Gasteiger partial charge in [-0.3, -0.25) is 0 Å². The first kappa shape index (κ1) is 19.5. The molecule has 0 bridgehead atoms. The summed E-state index contributed by atoms with van der Waals surface area (Å²) in [5, 5.41) is 9.28. The molecule has 1 N–H and O–H groups in total. The van der Waals surface area contributed by atoms with Crippen LogP contribution in [0.5, 0.6) is 17.2 Å². The van der Waals surface area contributed by atoms with Gasteiger partial charge in [0.2, 0.25) is 0 Å². The van der Waals surface area contributed by atoms with E-state index in [-0.39, 0.29) is 11.9 Å². The first-order valence-electron chi connectivity index (χ1n) is 9.43. The molecule has 0 saturated heterocycles. The van der Waals surface area contributed by atoms with Gasteiger partial charge >= 0.3 is 5.97 Å². The third-order valence-electron chi connectivity index (χ3n) is 4.39. The highest BCUT2D eigenvalue weighted by Crippen LogP contribution is 2.24. The number of esters is 1. The molecule has 28 heavy (non-hydrogen) atoms. The molecular weight excluding hydrogens is 352 g/mol. The number of carbonyl (C=O) groups is 1. The average molecular weight is 376 g/mol. The molecule has 3 aromatic carbocycles. The van der Waals surface area contributed by atoms with Crippen LogP contribution in [0.3, 0.4) is 0 Å². The molecule has 1 atom stereocenters. The summed E-state index contributed by atoms with van der Waals surface area (Å²) in [6, 6.07) is 21.3. The molecule has 0 saturated carbocycles. The number of phenols is 1. The van der Waals surface area contributed by atoms with Gasteiger partial charge in [-0.05, 0) is 73.0 Å². The predicted octanol–water partition coefficient (Wildman–Crippen LogP) is 5.85. The number of ether oxygens (including phenoxy) is 2. The van der Waals surface area contributed by atoms with Crippen molar-refractivity contribution in [2.75, 3.05) is 0 Å². The van der Waals surface area contributed by atoms with Gasteiger partial charge in [0.15, 0.2) is 0 Å². The molecular formula is C24H24O4. The lowest BCUT2D eigenvalue weighted by Gasteiger charge is -2.14. The highest BCUT2D eigenvalue weighted by molar-refractivity contribution is 5.91. The zero-order valence-corrected chi connectivity index (χ0v) is 16.1. The molecule has 0 unspecified atom stereocenters. The van der Waals surface area contributed by atoms with Gasteiger partial charge in [-0.1, -0.05) is 37.6 Å². The molecule has 0 radical (unpaired) electrons. The second-order valence-electron chi connectivity index (χ2n) is 6.70. The van der Waals surface area contributed by atoms with E-state index < -0.39 is 5.97 Å². The maximum Gasteiger partial charge on any atom is 0.343 e. The lowest BCUT2D eigenvalue weighted by Crippen LogP contribution is -2.10. The number of hydrogen-bond acceptors (Lipinski definition) is 4. The van der Waals surface area contributed by atoms with E-state index in [4.69, 9.17) is 9.47 Å². The van der Waals surface area contributed by atoms with Crippen molar-refractivity contribution in [3.05, 3.63) is 78.4 Å². The van der Waals surface area contributed by atoms with Crippen molar-refractivity contribution in [1.82, 2.24) is 0 Å². The maximum absolute atomic E-state index is 12.2. The Labute approximate surface area is 165 Å². The van der Waals surface area contributed by atoms with E-state index in [1.54, 1.807) is 24.3 Å². The summed E-state index contributed by atoms with van der Waals surface area (Å²) in [5.41, 5.74) is 2.52. The molecule has 0 heterocycles. The third kappa shape index (κ3) is 5.13. The minimum atomic E-state index is -0.439. The average Bonchev–Trinajstić information content (AvgIpc) is 2.70. The van der Waals surface area contributed by atoms with Crippen LogP contribution in [0.15, 0.2) is 72.8 Å². The van der Waals surface area contributed by atoms with Gasteiger partial charge in [-0.15, -0.1) is 0 Å². The van der Waals surface area contributed by atoms with Crippen molar-refractivity contribution in [3.63, 3.8) is 0 Å². The van der Waals surface area contributed by atoms with Crippen LogP contribution in [-0.4, -0.2) is 17.2 Å². The van der Waals surface area contributed by atoms with E-state index in [0.717, 1.165) is 29.7 Å². The molecule has 0 aliphatic rings. The number of hydrogen-bond donors (Lipinski definition) is 1. The normalized spacial score (nSPS) is 11.6. The predicted molar refractivity (Wildman–Crippen MR) is 110 cm³/mol. The highest BCUT2D eigenvalue weighted by atomic mass is 16.5. The van der Waals surface area contributed by atoms with Crippen LogP contribution in [0.1, 0.15) is 37.0 Å².